The number of hydrogen-bond donors (Lipinski definition) is 0. The first-order valence-electron chi connectivity index (χ1n) is 5.96. The van der Waals surface area contributed by atoms with Crippen LogP contribution in [0.4, 0.5) is 11.4 Å². The maximum absolute atomic E-state index is 11.2. The van der Waals surface area contributed by atoms with Crippen LogP contribution in [0.15, 0.2) is 18.2 Å². The standard InChI is InChI=1S/C13H17N3O3/c1-11-5-3-6-12(13(11)16(17)18)15(8-4-7-14)9-10-19-2/h3,5-6H,4,8-10H2,1-2H3. The van der Waals surface area contributed by atoms with Gasteiger partial charge in [0.2, 0.25) is 0 Å². The minimum Gasteiger partial charge on any atom is -0.383 e. The zero-order valence-corrected chi connectivity index (χ0v) is 11.1. The predicted molar refractivity (Wildman–Crippen MR) is 72.2 cm³/mol. The van der Waals surface area contributed by atoms with E-state index in [0.29, 0.717) is 37.4 Å². The third kappa shape index (κ3) is 3.93. The van der Waals surface area contributed by atoms with Crippen molar-refractivity contribution in [1.29, 1.82) is 5.26 Å². The zero-order chi connectivity index (χ0) is 14.3. The fourth-order valence-corrected chi connectivity index (χ4v) is 1.88. The second-order valence-electron chi connectivity index (χ2n) is 4.09. The van der Waals surface area contributed by atoms with E-state index < -0.39 is 0 Å². The van der Waals surface area contributed by atoms with E-state index in [1.165, 1.54) is 0 Å². The molecule has 0 saturated carbocycles. The average molecular weight is 263 g/mol. The lowest BCUT2D eigenvalue weighted by Gasteiger charge is -2.23. The van der Waals surface area contributed by atoms with Gasteiger partial charge in [-0.15, -0.1) is 0 Å². The summed E-state index contributed by atoms with van der Waals surface area (Å²) in [5, 5.41) is 19.9. The number of para-hydroxylation sites is 1. The third-order valence-electron chi connectivity index (χ3n) is 2.80. The second-order valence-corrected chi connectivity index (χ2v) is 4.09. The van der Waals surface area contributed by atoms with Crippen molar-refractivity contribution in [3.05, 3.63) is 33.9 Å². The van der Waals surface area contributed by atoms with E-state index in [1.807, 2.05) is 4.90 Å². The van der Waals surface area contributed by atoms with Gasteiger partial charge in [0.15, 0.2) is 0 Å². The van der Waals surface area contributed by atoms with Crippen LogP contribution in [0, 0.1) is 28.4 Å². The highest BCUT2D eigenvalue weighted by Crippen LogP contribution is 2.31. The van der Waals surface area contributed by atoms with Gasteiger partial charge in [-0.2, -0.15) is 5.26 Å². The van der Waals surface area contributed by atoms with Gasteiger partial charge >= 0.3 is 0 Å². The Morgan fingerprint density at radius 2 is 2.21 bits per heavy atom. The van der Waals surface area contributed by atoms with Crippen molar-refractivity contribution in [3.63, 3.8) is 0 Å². The summed E-state index contributed by atoms with van der Waals surface area (Å²) in [6.07, 6.45) is 0.314. The van der Waals surface area contributed by atoms with E-state index in [-0.39, 0.29) is 10.6 Å². The highest BCUT2D eigenvalue weighted by molar-refractivity contribution is 5.66. The lowest BCUT2D eigenvalue weighted by atomic mass is 10.1. The zero-order valence-electron chi connectivity index (χ0n) is 11.1. The maximum atomic E-state index is 11.2. The number of aryl methyl sites for hydroxylation is 1. The number of nitro benzene ring substituents is 1. The number of ether oxygens (including phenoxy) is 1. The Bertz CT molecular complexity index is 483. The number of anilines is 1. The summed E-state index contributed by atoms with van der Waals surface area (Å²) in [7, 11) is 1.58. The van der Waals surface area contributed by atoms with Gasteiger partial charge in [0.05, 0.1) is 24.0 Å². The predicted octanol–water partition coefficient (Wildman–Crippen LogP) is 2.27. The fourth-order valence-electron chi connectivity index (χ4n) is 1.88. The molecule has 0 aliphatic heterocycles. The number of nitro groups is 1. The van der Waals surface area contributed by atoms with Crippen molar-refractivity contribution in [3.8, 4) is 6.07 Å². The highest BCUT2D eigenvalue weighted by atomic mass is 16.6. The summed E-state index contributed by atoms with van der Waals surface area (Å²) in [5.74, 6) is 0. The number of methoxy groups -OCH3 is 1. The van der Waals surface area contributed by atoms with Gasteiger partial charge in [0, 0.05) is 25.8 Å². The van der Waals surface area contributed by atoms with Gasteiger partial charge in [-0.3, -0.25) is 10.1 Å². The molecule has 0 aliphatic rings. The molecule has 1 rings (SSSR count). The molecule has 0 spiro atoms. The molecule has 0 atom stereocenters. The second kappa shape index (κ2) is 7.34. The first kappa shape index (κ1) is 14.9. The van der Waals surface area contributed by atoms with Crippen LogP contribution in [0.25, 0.3) is 0 Å². The van der Waals surface area contributed by atoms with Gasteiger partial charge in [-0.1, -0.05) is 12.1 Å². The molecule has 0 unspecified atom stereocenters. The molecule has 6 heteroatoms. The average Bonchev–Trinajstić information content (AvgIpc) is 2.38. The first-order valence-corrected chi connectivity index (χ1v) is 5.96. The molecule has 0 radical (unpaired) electrons. The fraction of sp³-hybridized carbons (Fsp3) is 0.462. The molecule has 1 aromatic carbocycles. The van der Waals surface area contributed by atoms with Crippen molar-refractivity contribution < 1.29 is 9.66 Å². The van der Waals surface area contributed by atoms with E-state index in [2.05, 4.69) is 6.07 Å². The first-order chi connectivity index (χ1) is 9.11. The van der Waals surface area contributed by atoms with E-state index in [4.69, 9.17) is 10.00 Å². The minimum absolute atomic E-state index is 0.0940. The van der Waals surface area contributed by atoms with Crippen LogP contribution < -0.4 is 4.90 Å². The summed E-state index contributed by atoms with van der Waals surface area (Å²) in [6.45, 7) is 3.13. The summed E-state index contributed by atoms with van der Waals surface area (Å²) < 4.78 is 5.01. The molecule has 0 saturated heterocycles. The van der Waals surface area contributed by atoms with E-state index >= 15 is 0 Å². The molecule has 6 nitrogen and oxygen atoms in total. The van der Waals surface area contributed by atoms with Crippen LogP contribution in [0.1, 0.15) is 12.0 Å². The van der Waals surface area contributed by atoms with E-state index in [9.17, 15) is 10.1 Å². The van der Waals surface area contributed by atoms with Gasteiger partial charge in [-0.25, -0.2) is 0 Å². The highest BCUT2D eigenvalue weighted by Gasteiger charge is 2.21. The third-order valence-corrected chi connectivity index (χ3v) is 2.80. The Kier molecular flexibility index (Phi) is 5.76. The van der Waals surface area contributed by atoms with E-state index in [1.54, 1.807) is 32.2 Å². The Morgan fingerprint density at radius 3 is 2.79 bits per heavy atom. The Hall–Kier alpha value is -2.13. The Labute approximate surface area is 112 Å². The van der Waals surface area contributed by atoms with E-state index in [0.717, 1.165) is 0 Å². The SMILES string of the molecule is COCCN(CCC#N)c1cccc(C)c1[N+](=O)[O-]. The summed E-state index contributed by atoms with van der Waals surface area (Å²) in [6, 6.07) is 7.25. The quantitative estimate of drug-likeness (QED) is 0.557. The molecule has 0 fully saturated rings. The van der Waals surface area contributed by atoms with Crippen LogP contribution in [0.2, 0.25) is 0 Å². The van der Waals surface area contributed by atoms with Gasteiger partial charge in [0.25, 0.3) is 5.69 Å². The van der Waals surface area contributed by atoms with Crippen molar-refractivity contribution >= 4 is 11.4 Å². The van der Waals surface area contributed by atoms with Crippen LogP contribution in [-0.4, -0.2) is 31.7 Å². The Balaban J connectivity index is 3.10. The topological polar surface area (TPSA) is 79.4 Å². The van der Waals surface area contributed by atoms with Gasteiger partial charge in [0.1, 0.15) is 5.69 Å². The van der Waals surface area contributed by atoms with Crippen molar-refractivity contribution in [2.45, 2.75) is 13.3 Å². The van der Waals surface area contributed by atoms with Crippen molar-refractivity contribution in [1.82, 2.24) is 0 Å². The summed E-state index contributed by atoms with van der Waals surface area (Å²) >= 11 is 0. The monoisotopic (exact) mass is 263 g/mol. The smallest absolute Gasteiger partial charge is 0.295 e. The summed E-state index contributed by atoms with van der Waals surface area (Å²) in [5.41, 5.74) is 1.25. The lowest BCUT2D eigenvalue weighted by Crippen LogP contribution is -2.29. The lowest BCUT2D eigenvalue weighted by molar-refractivity contribution is -0.384. The van der Waals surface area contributed by atoms with Crippen LogP contribution >= 0.6 is 0 Å². The molecule has 0 aromatic heterocycles. The molecule has 0 bridgehead atoms. The van der Waals surface area contributed by atoms with Crippen LogP contribution in [0.5, 0.6) is 0 Å². The maximum Gasteiger partial charge on any atom is 0.295 e. The number of nitrogens with zero attached hydrogens (tertiary/aromatic N) is 3. The summed E-state index contributed by atoms with van der Waals surface area (Å²) in [4.78, 5) is 12.6. The molecule has 0 N–H and O–H groups in total. The van der Waals surface area contributed by atoms with Crippen molar-refractivity contribution in [2.24, 2.45) is 0 Å². The molecule has 102 valence electrons. The number of rotatable bonds is 7. The van der Waals surface area contributed by atoms with Crippen LogP contribution in [-0.2, 0) is 4.74 Å². The molecule has 1 aromatic rings. The number of nitriles is 1. The number of hydrogen-bond acceptors (Lipinski definition) is 5. The largest absolute Gasteiger partial charge is 0.383 e. The number of benzene rings is 1. The molecule has 0 aliphatic carbocycles. The van der Waals surface area contributed by atoms with Gasteiger partial charge in [-0.05, 0) is 13.0 Å². The molecule has 19 heavy (non-hydrogen) atoms. The molecular formula is C13H17N3O3. The molecular weight excluding hydrogens is 246 g/mol. The van der Waals surface area contributed by atoms with Crippen molar-refractivity contribution in [2.75, 3.05) is 31.7 Å². The molecule has 0 heterocycles. The van der Waals surface area contributed by atoms with Crippen LogP contribution in [0.3, 0.4) is 0 Å². The normalized spacial score (nSPS) is 9.95. The minimum atomic E-state index is -0.378. The van der Waals surface area contributed by atoms with Gasteiger partial charge < -0.3 is 9.64 Å². The Morgan fingerprint density at radius 1 is 1.47 bits per heavy atom. The molecule has 0 amide bonds.